The highest BCUT2D eigenvalue weighted by molar-refractivity contribution is 7.80. The van der Waals surface area contributed by atoms with E-state index in [2.05, 4.69) is 0 Å². The molecule has 1 aromatic carbocycles. The number of carbonyl (C=O) groups is 2. The second-order valence-electron chi connectivity index (χ2n) is 4.31. The Bertz CT molecular complexity index is 628. The number of phenolic OH excluding ortho intramolecular Hbond substituents is 2. The summed E-state index contributed by atoms with van der Waals surface area (Å²) >= 11 is 4.97. The van der Waals surface area contributed by atoms with E-state index in [1.807, 2.05) is 0 Å². The van der Waals surface area contributed by atoms with Gasteiger partial charge in [-0.3, -0.25) is 19.4 Å². The maximum Gasteiger partial charge on any atom is 0.265 e. The van der Waals surface area contributed by atoms with Crippen molar-refractivity contribution in [3.05, 3.63) is 29.3 Å². The summed E-state index contributed by atoms with van der Waals surface area (Å²) < 4.78 is 0. The van der Waals surface area contributed by atoms with Gasteiger partial charge in [0.1, 0.15) is 17.1 Å². The number of rotatable bonds is 1. The van der Waals surface area contributed by atoms with Gasteiger partial charge < -0.3 is 10.2 Å². The van der Waals surface area contributed by atoms with Gasteiger partial charge in [0.25, 0.3) is 11.8 Å². The van der Waals surface area contributed by atoms with E-state index in [9.17, 15) is 19.8 Å². The topological polar surface area (TPSA) is 81.1 Å². The van der Waals surface area contributed by atoms with Crippen molar-refractivity contribution in [2.75, 3.05) is 14.1 Å². The first-order valence-corrected chi connectivity index (χ1v) is 6.07. The van der Waals surface area contributed by atoms with Crippen LogP contribution >= 0.6 is 12.2 Å². The Kier molecular flexibility index (Phi) is 3.46. The minimum Gasteiger partial charge on any atom is -0.508 e. The van der Waals surface area contributed by atoms with Crippen LogP contribution in [0.5, 0.6) is 11.5 Å². The molecule has 0 atom stereocenters. The van der Waals surface area contributed by atoms with Crippen LogP contribution in [0, 0.1) is 0 Å². The number of likely N-dealkylation sites (N-methyl/N-ethyl adjacent to an activating group) is 2. The zero-order valence-corrected chi connectivity index (χ0v) is 11.6. The molecule has 0 aliphatic carbocycles. The molecule has 0 bridgehead atoms. The van der Waals surface area contributed by atoms with Crippen LogP contribution in [0.25, 0.3) is 6.08 Å². The third-order valence-corrected chi connectivity index (χ3v) is 3.51. The number of thiocarbonyl (C=S) groups is 1. The predicted octanol–water partition coefficient (Wildman–Crippen LogP) is 0.696. The molecule has 1 fully saturated rings. The minimum absolute atomic E-state index is 0.107. The van der Waals surface area contributed by atoms with E-state index in [1.54, 1.807) is 0 Å². The van der Waals surface area contributed by atoms with Gasteiger partial charge in [-0.1, -0.05) is 0 Å². The van der Waals surface area contributed by atoms with E-state index in [1.165, 1.54) is 42.1 Å². The van der Waals surface area contributed by atoms with E-state index in [0.29, 0.717) is 0 Å². The van der Waals surface area contributed by atoms with E-state index in [0.717, 1.165) is 6.07 Å². The van der Waals surface area contributed by atoms with E-state index in [-0.39, 0.29) is 27.7 Å². The molecule has 1 aliphatic heterocycles. The number of hydrogen-bond acceptors (Lipinski definition) is 5. The van der Waals surface area contributed by atoms with Crippen molar-refractivity contribution in [3.63, 3.8) is 0 Å². The average Bonchev–Trinajstić information content (AvgIpc) is 2.41. The van der Waals surface area contributed by atoms with Gasteiger partial charge in [-0.05, 0) is 30.4 Å². The number of aromatic hydroxyl groups is 2. The van der Waals surface area contributed by atoms with E-state index in [4.69, 9.17) is 12.2 Å². The van der Waals surface area contributed by atoms with Crippen LogP contribution in [0.2, 0.25) is 0 Å². The molecule has 0 aromatic heterocycles. The maximum atomic E-state index is 12.1. The summed E-state index contributed by atoms with van der Waals surface area (Å²) in [4.78, 5) is 26.5. The van der Waals surface area contributed by atoms with Gasteiger partial charge >= 0.3 is 0 Å². The normalized spacial score (nSPS) is 15.9. The lowest BCUT2D eigenvalue weighted by Crippen LogP contribution is -2.52. The summed E-state index contributed by atoms with van der Waals surface area (Å²) in [5.74, 6) is -1.41. The molecule has 104 valence electrons. The lowest BCUT2D eigenvalue weighted by molar-refractivity contribution is -0.132. The lowest BCUT2D eigenvalue weighted by Gasteiger charge is -2.31. The Morgan fingerprint density at radius 1 is 1.10 bits per heavy atom. The summed E-state index contributed by atoms with van der Waals surface area (Å²) in [5, 5.41) is 19.0. The van der Waals surface area contributed by atoms with Crippen LogP contribution < -0.4 is 0 Å². The van der Waals surface area contributed by atoms with Gasteiger partial charge in [-0.25, -0.2) is 0 Å². The first kappa shape index (κ1) is 14.0. The number of amides is 2. The van der Waals surface area contributed by atoms with Gasteiger partial charge in [-0.2, -0.15) is 0 Å². The monoisotopic (exact) mass is 292 g/mol. The van der Waals surface area contributed by atoms with Crippen LogP contribution in [0.4, 0.5) is 0 Å². The van der Waals surface area contributed by atoms with Gasteiger partial charge in [0.2, 0.25) is 0 Å². The summed E-state index contributed by atoms with van der Waals surface area (Å²) in [7, 11) is 2.94. The second kappa shape index (κ2) is 4.93. The molecule has 1 aromatic rings. The molecule has 2 N–H and O–H groups in total. The molecule has 1 saturated heterocycles. The minimum atomic E-state index is -0.537. The highest BCUT2D eigenvalue weighted by Gasteiger charge is 2.35. The number of nitrogens with zero attached hydrogens (tertiary/aromatic N) is 2. The fourth-order valence-corrected chi connectivity index (χ4v) is 1.95. The molecular formula is C13H12N2O4S. The van der Waals surface area contributed by atoms with Crippen LogP contribution in [0.15, 0.2) is 23.8 Å². The number of benzene rings is 1. The summed E-state index contributed by atoms with van der Waals surface area (Å²) in [6.45, 7) is 0. The summed E-state index contributed by atoms with van der Waals surface area (Å²) in [5.41, 5.74) is 0.152. The number of carbonyl (C=O) groups excluding carboxylic acids is 2. The molecule has 6 nitrogen and oxygen atoms in total. The fourth-order valence-electron chi connectivity index (χ4n) is 1.78. The average molecular weight is 292 g/mol. The van der Waals surface area contributed by atoms with Gasteiger partial charge in [0, 0.05) is 25.7 Å². The summed E-state index contributed by atoms with van der Waals surface area (Å²) in [6.07, 6.45) is 1.27. The quantitative estimate of drug-likeness (QED) is 0.452. The van der Waals surface area contributed by atoms with Crippen LogP contribution in [-0.2, 0) is 9.59 Å². The SMILES string of the molecule is CN1C(=O)C(=Cc2ccc(O)cc2O)C(=O)N(C)C1=S. The number of hydrogen-bond donors (Lipinski definition) is 2. The molecule has 7 heteroatoms. The fraction of sp³-hybridized carbons (Fsp3) is 0.154. The molecule has 2 rings (SSSR count). The Morgan fingerprint density at radius 2 is 1.65 bits per heavy atom. The highest BCUT2D eigenvalue weighted by Crippen LogP contribution is 2.26. The van der Waals surface area contributed by atoms with E-state index >= 15 is 0 Å². The largest absolute Gasteiger partial charge is 0.508 e. The maximum absolute atomic E-state index is 12.1. The molecule has 0 saturated carbocycles. The molecule has 1 heterocycles. The molecule has 0 radical (unpaired) electrons. The van der Waals surface area contributed by atoms with Crippen LogP contribution in [-0.4, -0.2) is 51.0 Å². The Balaban J connectivity index is 2.49. The first-order chi connectivity index (χ1) is 9.32. The van der Waals surface area contributed by atoms with E-state index < -0.39 is 11.8 Å². The van der Waals surface area contributed by atoms with Crippen molar-refractivity contribution in [3.8, 4) is 11.5 Å². The second-order valence-corrected chi connectivity index (χ2v) is 4.68. The van der Waals surface area contributed by atoms with Crippen molar-refractivity contribution >= 4 is 35.2 Å². The van der Waals surface area contributed by atoms with Gasteiger partial charge in [0.15, 0.2) is 5.11 Å². The molecule has 1 aliphatic rings. The van der Waals surface area contributed by atoms with Crippen molar-refractivity contribution in [1.29, 1.82) is 0 Å². The van der Waals surface area contributed by atoms with Crippen molar-refractivity contribution in [1.82, 2.24) is 9.80 Å². The first-order valence-electron chi connectivity index (χ1n) is 5.66. The van der Waals surface area contributed by atoms with Crippen molar-refractivity contribution in [2.45, 2.75) is 0 Å². The van der Waals surface area contributed by atoms with Crippen molar-refractivity contribution in [2.24, 2.45) is 0 Å². The van der Waals surface area contributed by atoms with Crippen LogP contribution in [0.1, 0.15) is 5.56 Å². The zero-order chi connectivity index (χ0) is 15.0. The highest BCUT2D eigenvalue weighted by atomic mass is 32.1. The van der Waals surface area contributed by atoms with Crippen molar-refractivity contribution < 1.29 is 19.8 Å². The molecule has 20 heavy (non-hydrogen) atoms. The number of phenols is 2. The standard InChI is InChI=1S/C13H12N2O4S/c1-14-11(18)9(12(19)15(2)13(14)20)5-7-3-4-8(16)6-10(7)17/h3-6,16-17H,1-2H3. The smallest absolute Gasteiger partial charge is 0.265 e. The molecular weight excluding hydrogens is 280 g/mol. The molecule has 2 amide bonds. The third kappa shape index (κ3) is 2.23. The van der Waals surface area contributed by atoms with Gasteiger partial charge in [-0.15, -0.1) is 0 Å². The Hall–Kier alpha value is -2.41. The van der Waals surface area contributed by atoms with Crippen LogP contribution in [0.3, 0.4) is 0 Å². The van der Waals surface area contributed by atoms with Gasteiger partial charge in [0.05, 0.1) is 0 Å². The lowest BCUT2D eigenvalue weighted by atomic mass is 10.1. The Labute approximate surface area is 120 Å². The molecule has 0 spiro atoms. The predicted molar refractivity (Wildman–Crippen MR) is 75.9 cm³/mol. The third-order valence-electron chi connectivity index (χ3n) is 2.96. The Morgan fingerprint density at radius 3 is 2.15 bits per heavy atom. The summed E-state index contributed by atoms with van der Waals surface area (Å²) in [6, 6.07) is 3.88. The molecule has 0 unspecified atom stereocenters. The zero-order valence-electron chi connectivity index (χ0n) is 10.8.